The Morgan fingerprint density at radius 2 is 1.82 bits per heavy atom. The first-order valence-electron chi connectivity index (χ1n) is 11.1. The predicted molar refractivity (Wildman–Crippen MR) is 125 cm³/mol. The molecule has 1 atom stereocenters. The molecule has 7 heteroatoms. The number of fused-ring (bicyclic) bond motifs is 1. The second-order valence-corrected chi connectivity index (χ2v) is 7.94. The van der Waals surface area contributed by atoms with E-state index in [2.05, 4.69) is 18.7 Å². The van der Waals surface area contributed by atoms with Gasteiger partial charge in [-0.3, -0.25) is 9.59 Å². The summed E-state index contributed by atoms with van der Waals surface area (Å²) in [5.74, 6) is -0.822. The van der Waals surface area contributed by atoms with Gasteiger partial charge in [0.25, 0.3) is 5.91 Å². The zero-order chi connectivity index (χ0) is 23.5. The van der Waals surface area contributed by atoms with Crippen LogP contribution < -0.4 is 4.74 Å². The fourth-order valence-corrected chi connectivity index (χ4v) is 4.26. The first kappa shape index (κ1) is 22.6. The number of para-hydroxylation sites is 1. The summed E-state index contributed by atoms with van der Waals surface area (Å²) >= 11 is 0. The molecule has 0 fully saturated rings. The van der Waals surface area contributed by atoms with E-state index in [1.807, 2.05) is 30.3 Å². The number of hydrogen-bond acceptors (Lipinski definition) is 6. The summed E-state index contributed by atoms with van der Waals surface area (Å²) < 4.78 is 11.0. The summed E-state index contributed by atoms with van der Waals surface area (Å²) in [6.07, 6.45) is 0. The summed E-state index contributed by atoms with van der Waals surface area (Å²) in [7, 11) is 1.58. The molecule has 4 rings (SSSR count). The molecule has 1 amide bonds. The largest absolute Gasteiger partial charge is 0.503 e. The fourth-order valence-electron chi connectivity index (χ4n) is 4.26. The van der Waals surface area contributed by atoms with Crippen molar-refractivity contribution in [3.63, 3.8) is 0 Å². The molecule has 3 aromatic rings. The Morgan fingerprint density at radius 1 is 1.12 bits per heavy atom. The van der Waals surface area contributed by atoms with Crippen LogP contribution in [0.5, 0.6) is 5.75 Å². The molecule has 0 unspecified atom stereocenters. The van der Waals surface area contributed by atoms with Crippen molar-refractivity contribution in [1.29, 1.82) is 0 Å². The molecular formula is C26H28N2O5. The number of carbonyl (C=O) groups excluding carboxylic acids is 2. The Bertz CT molecular complexity index is 1160. The highest BCUT2D eigenvalue weighted by Crippen LogP contribution is 2.40. The fraction of sp³-hybridized carbons (Fsp3) is 0.308. The van der Waals surface area contributed by atoms with Gasteiger partial charge in [0.15, 0.2) is 11.5 Å². The lowest BCUT2D eigenvalue weighted by molar-refractivity contribution is -0.129. The van der Waals surface area contributed by atoms with Crippen LogP contribution in [0.1, 0.15) is 36.0 Å². The number of hydrogen-bond donors (Lipinski definition) is 1. The highest BCUT2D eigenvalue weighted by Gasteiger charge is 2.44. The topological polar surface area (TPSA) is 83.2 Å². The molecule has 1 N–H and O–H groups in total. The standard InChI is InChI=1S/C26H28N2O5/c1-4-27(5-2)14-15-28-23(17-10-12-19(32-3)13-11-17)22(25(30)26(28)31)24(29)21-16-18-8-6-7-9-20(18)33-21/h6-13,16,23,30H,4-5,14-15H2,1-3H3/t23-/m0/s1. The molecule has 33 heavy (non-hydrogen) atoms. The number of ether oxygens (including phenoxy) is 1. The van der Waals surface area contributed by atoms with E-state index in [9.17, 15) is 14.7 Å². The highest BCUT2D eigenvalue weighted by molar-refractivity contribution is 6.16. The van der Waals surface area contributed by atoms with Crippen molar-refractivity contribution in [3.8, 4) is 5.75 Å². The number of amides is 1. The molecule has 0 aliphatic carbocycles. The number of carbonyl (C=O) groups is 2. The number of nitrogens with zero attached hydrogens (tertiary/aromatic N) is 2. The zero-order valence-electron chi connectivity index (χ0n) is 19.1. The monoisotopic (exact) mass is 448 g/mol. The first-order chi connectivity index (χ1) is 16.0. The van der Waals surface area contributed by atoms with Gasteiger partial charge in [-0.1, -0.05) is 44.2 Å². The minimum absolute atomic E-state index is 0.0313. The summed E-state index contributed by atoms with van der Waals surface area (Å²) in [6, 6.07) is 15.4. The van der Waals surface area contributed by atoms with Crippen LogP contribution in [0.4, 0.5) is 0 Å². The van der Waals surface area contributed by atoms with E-state index in [0.29, 0.717) is 30.0 Å². The first-order valence-corrected chi connectivity index (χ1v) is 11.1. The predicted octanol–water partition coefficient (Wildman–Crippen LogP) is 4.36. The van der Waals surface area contributed by atoms with E-state index in [0.717, 1.165) is 18.5 Å². The number of rotatable bonds is 9. The number of furan rings is 1. The van der Waals surface area contributed by atoms with Gasteiger partial charge in [-0.05, 0) is 42.9 Å². The molecule has 0 radical (unpaired) electrons. The molecular weight excluding hydrogens is 420 g/mol. The molecule has 0 saturated heterocycles. The molecule has 0 saturated carbocycles. The van der Waals surface area contributed by atoms with Gasteiger partial charge in [0.2, 0.25) is 5.78 Å². The minimum atomic E-state index is -0.723. The maximum atomic E-state index is 13.5. The molecule has 1 aliphatic rings. The summed E-state index contributed by atoms with van der Waals surface area (Å²) in [6.45, 7) is 6.81. The second-order valence-electron chi connectivity index (χ2n) is 7.94. The number of aliphatic hydroxyl groups excluding tert-OH is 1. The van der Waals surface area contributed by atoms with Crippen molar-refractivity contribution in [1.82, 2.24) is 9.80 Å². The number of methoxy groups -OCH3 is 1. The molecule has 172 valence electrons. The van der Waals surface area contributed by atoms with Gasteiger partial charge < -0.3 is 24.1 Å². The molecule has 2 aromatic carbocycles. The van der Waals surface area contributed by atoms with Crippen LogP contribution in [0.3, 0.4) is 0 Å². The zero-order valence-corrected chi connectivity index (χ0v) is 19.1. The van der Waals surface area contributed by atoms with E-state index < -0.39 is 23.5 Å². The third kappa shape index (κ3) is 4.24. The van der Waals surface area contributed by atoms with E-state index >= 15 is 0 Å². The van der Waals surface area contributed by atoms with Gasteiger partial charge in [0.05, 0.1) is 18.7 Å². The van der Waals surface area contributed by atoms with Crippen molar-refractivity contribution >= 4 is 22.7 Å². The molecule has 0 bridgehead atoms. The van der Waals surface area contributed by atoms with E-state index in [1.165, 1.54) is 0 Å². The Kier molecular flexibility index (Phi) is 6.51. The third-order valence-electron chi connectivity index (χ3n) is 6.18. The number of aliphatic hydroxyl groups is 1. The van der Waals surface area contributed by atoms with Crippen molar-refractivity contribution in [3.05, 3.63) is 77.3 Å². The molecule has 1 aliphatic heterocycles. The van der Waals surface area contributed by atoms with Gasteiger partial charge in [-0.15, -0.1) is 0 Å². The van der Waals surface area contributed by atoms with Crippen molar-refractivity contribution in [2.24, 2.45) is 0 Å². The number of likely N-dealkylation sites (N-methyl/N-ethyl adjacent to an activating group) is 1. The van der Waals surface area contributed by atoms with Crippen LogP contribution in [0.25, 0.3) is 11.0 Å². The lowest BCUT2D eigenvalue weighted by atomic mass is 9.95. The van der Waals surface area contributed by atoms with Crippen molar-refractivity contribution in [2.45, 2.75) is 19.9 Å². The maximum absolute atomic E-state index is 13.5. The number of Topliss-reactive ketones (excluding diaryl/α,β-unsaturated/α-hetero) is 1. The number of ketones is 1. The third-order valence-corrected chi connectivity index (χ3v) is 6.18. The summed E-state index contributed by atoms with van der Waals surface area (Å²) in [4.78, 5) is 30.4. The Balaban J connectivity index is 1.74. The Hall–Kier alpha value is -3.58. The van der Waals surface area contributed by atoms with Crippen LogP contribution in [0.2, 0.25) is 0 Å². The highest BCUT2D eigenvalue weighted by atomic mass is 16.5. The van der Waals surface area contributed by atoms with E-state index in [-0.39, 0.29) is 11.3 Å². The van der Waals surface area contributed by atoms with Crippen LogP contribution >= 0.6 is 0 Å². The summed E-state index contributed by atoms with van der Waals surface area (Å²) in [5, 5.41) is 11.6. The van der Waals surface area contributed by atoms with E-state index in [1.54, 1.807) is 36.3 Å². The minimum Gasteiger partial charge on any atom is -0.503 e. The van der Waals surface area contributed by atoms with Crippen LogP contribution in [0, 0.1) is 0 Å². The lowest BCUT2D eigenvalue weighted by Crippen LogP contribution is -2.38. The molecule has 0 spiro atoms. The molecule has 7 nitrogen and oxygen atoms in total. The number of benzene rings is 2. The van der Waals surface area contributed by atoms with Gasteiger partial charge in [-0.25, -0.2) is 0 Å². The average molecular weight is 449 g/mol. The Morgan fingerprint density at radius 3 is 2.45 bits per heavy atom. The second kappa shape index (κ2) is 9.50. The summed E-state index contributed by atoms with van der Waals surface area (Å²) in [5.41, 5.74) is 1.32. The van der Waals surface area contributed by atoms with Crippen LogP contribution in [0.15, 0.2) is 70.3 Å². The Labute approximate surface area is 192 Å². The quantitative estimate of drug-likeness (QED) is 0.490. The average Bonchev–Trinajstić information content (AvgIpc) is 3.39. The smallest absolute Gasteiger partial charge is 0.290 e. The van der Waals surface area contributed by atoms with Crippen LogP contribution in [-0.2, 0) is 4.79 Å². The van der Waals surface area contributed by atoms with Gasteiger partial charge in [-0.2, -0.15) is 0 Å². The van der Waals surface area contributed by atoms with Gasteiger partial charge in [0.1, 0.15) is 11.3 Å². The van der Waals surface area contributed by atoms with Crippen molar-refractivity contribution < 1.29 is 23.8 Å². The van der Waals surface area contributed by atoms with E-state index in [4.69, 9.17) is 9.15 Å². The SMILES string of the molecule is CCN(CC)CCN1C(=O)C(O)=C(C(=O)c2cc3ccccc3o2)[C@@H]1c1ccc(OC)cc1. The normalized spacial score (nSPS) is 16.3. The molecule has 1 aromatic heterocycles. The lowest BCUT2D eigenvalue weighted by Gasteiger charge is -2.29. The van der Waals surface area contributed by atoms with Gasteiger partial charge >= 0.3 is 0 Å². The van der Waals surface area contributed by atoms with Crippen LogP contribution in [-0.4, -0.2) is 59.9 Å². The van der Waals surface area contributed by atoms with Gasteiger partial charge in [0, 0.05) is 18.5 Å². The van der Waals surface area contributed by atoms with Crippen molar-refractivity contribution in [2.75, 3.05) is 33.3 Å². The maximum Gasteiger partial charge on any atom is 0.290 e. The molecule has 2 heterocycles.